The Morgan fingerprint density at radius 3 is 1.86 bits per heavy atom. The van der Waals surface area contributed by atoms with Crippen LogP contribution in [-0.2, 0) is 19.2 Å². The van der Waals surface area contributed by atoms with Gasteiger partial charge in [0.25, 0.3) is 23.6 Å². The number of carbonyl (C=O) groups excluding carboxylic acids is 4. The van der Waals surface area contributed by atoms with Crippen molar-refractivity contribution >= 4 is 35.0 Å². The van der Waals surface area contributed by atoms with Crippen LogP contribution in [0.5, 0.6) is 0 Å². The van der Waals surface area contributed by atoms with E-state index < -0.39 is 23.6 Å². The van der Waals surface area contributed by atoms with Crippen molar-refractivity contribution < 1.29 is 19.2 Å². The maximum absolute atomic E-state index is 12.6. The molecule has 28 heavy (non-hydrogen) atoms. The monoisotopic (exact) mass is 374 g/mol. The first-order valence-electron chi connectivity index (χ1n) is 8.33. The van der Waals surface area contributed by atoms with E-state index in [2.05, 4.69) is 0 Å². The molecule has 0 saturated carbocycles. The molecule has 0 aromatic heterocycles. The summed E-state index contributed by atoms with van der Waals surface area (Å²) in [4.78, 5) is 51.7. The molecule has 0 N–H and O–H groups in total. The Hall–Kier alpha value is -4.04. The first-order chi connectivity index (χ1) is 13.3. The van der Waals surface area contributed by atoms with Gasteiger partial charge in [-0.1, -0.05) is 6.07 Å². The summed E-state index contributed by atoms with van der Waals surface area (Å²) >= 11 is 0. The normalized spacial score (nSPS) is 16.3. The lowest BCUT2D eigenvalue weighted by Gasteiger charge is -2.25. The third-order valence-electron chi connectivity index (χ3n) is 4.60. The number of benzene rings is 1. The number of nitrogens with zero attached hydrogens (tertiary/aromatic N) is 4. The van der Waals surface area contributed by atoms with Crippen molar-refractivity contribution in [3.8, 4) is 12.1 Å². The van der Waals surface area contributed by atoms with Crippen LogP contribution in [0.3, 0.4) is 0 Å². The standard InChI is InChI=1S/C20H14N4O4/c1-11-3-4-15(23-16(25)9-13(5-7-21)19(23)27)12(2)18(11)24-17(26)10-14(6-8-22)20(24)28/h3-4,9-10H,5-6H2,1-2H3. The third kappa shape index (κ3) is 2.78. The third-order valence-corrected chi connectivity index (χ3v) is 4.60. The van der Waals surface area contributed by atoms with E-state index in [1.165, 1.54) is 0 Å². The summed E-state index contributed by atoms with van der Waals surface area (Å²) in [6.07, 6.45) is 1.85. The summed E-state index contributed by atoms with van der Waals surface area (Å²) in [6.45, 7) is 3.30. The predicted molar refractivity (Wildman–Crippen MR) is 97.5 cm³/mol. The van der Waals surface area contributed by atoms with E-state index in [1.807, 2.05) is 12.1 Å². The number of anilines is 2. The summed E-state index contributed by atoms with van der Waals surface area (Å²) in [6, 6.07) is 6.85. The quantitative estimate of drug-likeness (QED) is 0.740. The molecule has 8 heteroatoms. The fourth-order valence-electron chi connectivity index (χ4n) is 3.31. The average Bonchev–Trinajstić information content (AvgIpc) is 3.06. The van der Waals surface area contributed by atoms with Crippen LogP contribution < -0.4 is 9.80 Å². The van der Waals surface area contributed by atoms with E-state index in [1.54, 1.807) is 26.0 Å². The van der Waals surface area contributed by atoms with Gasteiger partial charge in [0.2, 0.25) is 0 Å². The first kappa shape index (κ1) is 18.7. The van der Waals surface area contributed by atoms with Gasteiger partial charge in [0.15, 0.2) is 0 Å². The molecule has 0 bridgehead atoms. The fraction of sp³-hybridized carbons (Fsp3) is 0.200. The fourth-order valence-corrected chi connectivity index (χ4v) is 3.31. The van der Waals surface area contributed by atoms with Gasteiger partial charge in [-0.25, -0.2) is 9.80 Å². The van der Waals surface area contributed by atoms with Gasteiger partial charge < -0.3 is 0 Å². The Morgan fingerprint density at radius 2 is 1.32 bits per heavy atom. The highest BCUT2D eigenvalue weighted by molar-refractivity contribution is 6.33. The topological polar surface area (TPSA) is 122 Å². The van der Waals surface area contributed by atoms with Crippen molar-refractivity contribution in [2.24, 2.45) is 0 Å². The maximum atomic E-state index is 12.6. The van der Waals surface area contributed by atoms with Crippen LogP contribution in [0.15, 0.2) is 35.4 Å². The molecule has 0 saturated heterocycles. The summed E-state index contributed by atoms with van der Waals surface area (Å²) in [5.41, 5.74) is 1.66. The number of hydrogen-bond donors (Lipinski definition) is 0. The number of imide groups is 2. The van der Waals surface area contributed by atoms with E-state index in [0.29, 0.717) is 11.1 Å². The summed E-state index contributed by atoms with van der Waals surface area (Å²) in [7, 11) is 0. The summed E-state index contributed by atoms with van der Waals surface area (Å²) in [5.74, 6) is -2.37. The predicted octanol–water partition coefficient (Wildman–Crippen LogP) is 1.73. The second-order valence-electron chi connectivity index (χ2n) is 6.34. The zero-order chi connectivity index (χ0) is 20.6. The average molecular weight is 374 g/mol. The molecule has 0 fully saturated rings. The highest BCUT2D eigenvalue weighted by Crippen LogP contribution is 2.37. The zero-order valence-corrected chi connectivity index (χ0v) is 15.1. The van der Waals surface area contributed by atoms with E-state index in [9.17, 15) is 19.2 Å². The van der Waals surface area contributed by atoms with Crippen molar-refractivity contribution in [1.82, 2.24) is 0 Å². The lowest BCUT2D eigenvalue weighted by Crippen LogP contribution is -2.34. The van der Waals surface area contributed by atoms with Crippen LogP contribution in [-0.4, -0.2) is 23.6 Å². The molecule has 1 aromatic rings. The molecule has 0 unspecified atom stereocenters. The van der Waals surface area contributed by atoms with Gasteiger partial charge in [0.1, 0.15) is 0 Å². The van der Waals surface area contributed by atoms with Crippen LogP contribution in [0.1, 0.15) is 24.0 Å². The minimum atomic E-state index is -0.605. The van der Waals surface area contributed by atoms with Crippen molar-refractivity contribution in [3.63, 3.8) is 0 Å². The minimum Gasteiger partial charge on any atom is -0.269 e. The van der Waals surface area contributed by atoms with Gasteiger partial charge in [-0.15, -0.1) is 0 Å². The molecular formula is C20H14N4O4. The molecular weight excluding hydrogens is 360 g/mol. The van der Waals surface area contributed by atoms with Crippen LogP contribution in [0.4, 0.5) is 11.4 Å². The second kappa shape index (κ2) is 6.93. The molecule has 3 rings (SSSR count). The molecule has 0 radical (unpaired) electrons. The van der Waals surface area contributed by atoms with Crippen LogP contribution in [0, 0.1) is 36.5 Å². The number of carbonyl (C=O) groups is 4. The van der Waals surface area contributed by atoms with E-state index in [4.69, 9.17) is 10.5 Å². The molecule has 2 heterocycles. The Labute approximate surface area is 160 Å². The molecule has 2 aliphatic rings. The number of aryl methyl sites for hydroxylation is 1. The van der Waals surface area contributed by atoms with Gasteiger partial charge in [-0.3, -0.25) is 19.2 Å². The summed E-state index contributed by atoms with van der Waals surface area (Å²) < 4.78 is 0. The van der Waals surface area contributed by atoms with E-state index >= 15 is 0 Å². The number of nitriles is 2. The van der Waals surface area contributed by atoms with Crippen molar-refractivity contribution in [3.05, 3.63) is 46.6 Å². The van der Waals surface area contributed by atoms with Crippen LogP contribution >= 0.6 is 0 Å². The van der Waals surface area contributed by atoms with Crippen molar-refractivity contribution in [2.75, 3.05) is 9.80 Å². The number of rotatable bonds is 4. The molecule has 0 atom stereocenters. The lowest BCUT2D eigenvalue weighted by molar-refractivity contribution is -0.121. The first-order valence-corrected chi connectivity index (χ1v) is 8.33. The molecule has 138 valence electrons. The van der Waals surface area contributed by atoms with Crippen LogP contribution in [0.25, 0.3) is 0 Å². The highest BCUT2D eigenvalue weighted by atomic mass is 16.2. The van der Waals surface area contributed by atoms with Gasteiger partial charge >= 0.3 is 0 Å². The van der Waals surface area contributed by atoms with E-state index in [-0.39, 0.29) is 35.4 Å². The van der Waals surface area contributed by atoms with Gasteiger partial charge in [0.05, 0.1) is 36.4 Å². The SMILES string of the molecule is Cc1ccc(N2C(=O)C=C(CC#N)C2=O)c(C)c1N1C(=O)C=C(CC#N)C1=O. The minimum absolute atomic E-state index is 0.0836. The van der Waals surface area contributed by atoms with Crippen molar-refractivity contribution in [1.29, 1.82) is 10.5 Å². The highest BCUT2D eigenvalue weighted by Gasteiger charge is 2.37. The molecule has 4 amide bonds. The molecule has 0 spiro atoms. The number of hydrogen-bond acceptors (Lipinski definition) is 6. The van der Waals surface area contributed by atoms with E-state index in [0.717, 1.165) is 22.0 Å². The lowest BCUT2D eigenvalue weighted by atomic mass is 10.0. The molecule has 1 aromatic carbocycles. The maximum Gasteiger partial charge on any atom is 0.262 e. The summed E-state index contributed by atoms with van der Waals surface area (Å²) in [5, 5.41) is 17.6. The van der Waals surface area contributed by atoms with Gasteiger partial charge in [0, 0.05) is 23.3 Å². The van der Waals surface area contributed by atoms with Crippen LogP contribution in [0.2, 0.25) is 0 Å². The Balaban J connectivity index is 2.07. The Morgan fingerprint density at radius 1 is 0.821 bits per heavy atom. The van der Waals surface area contributed by atoms with Gasteiger partial charge in [-0.2, -0.15) is 10.5 Å². The Kier molecular flexibility index (Phi) is 4.64. The second-order valence-corrected chi connectivity index (χ2v) is 6.34. The van der Waals surface area contributed by atoms with Gasteiger partial charge in [-0.05, 0) is 31.0 Å². The van der Waals surface area contributed by atoms with Crippen molar-refractivity contribution in [2.45, 2.75) is 26.7 Å². The smallest absolute Gasteiger partial charge is 0.262 e. The number of amides is 4. The Bertz CT molecular complexity index is 1100. The molecule has 2 aliphatic heterocycles. The molecule has 8 nitrogen and oxygen atoms in total. The largest absolute Gasteiger partial charge is 0.269 e. The molecule has 0 aliphatic carbocycles. The zero-order valence-electron chi connectivity index (χ0n) is 15.1.